The molecule has 0 bridgehead atoms. The highest BCUT2D eigenvalue weighted by Gasteiger charge is 2.23. The smallest absolute Gasteiger partial charge is 0.142 e. The van der Waals surface area contributed by atoms with E-state index in [9.17, 15) is 0 Å². The van der Waals surface area contributed by atoms with E-state index in [1.807, 2.05) is 42.6 Å². The van der Waals surface area contributed by atoms with E-state index in [1.165, 1.54) is 32.1 Å². The Morgan fingerprint density at radius 2 is 1.90 bits per heavy atom. The van der Waals surface area contributed by atoms with Crippen LogP contribution in [-0.4, -0.2) is 21.0 Å². The van der Waals surface area contributed by atoms with Crippen molar-refractivity contribution in [2.75, 3.05) is 5.32 Å². The highest BCUT2D eigenvalue weighted by molar-refractivity contribution is 6.31. The van der Waals surface area contributed by atoms with Crippen molar-refractivity contribution < 1.29 is 0 Å². The highest BCUT2D eigenvalue weighted by Crippen LogP contribution is 2.37. The third kappa shape index (κ3) is 3.58. The Balaban J connectivity index is 1.63. The van der Waals surface area contributed by atoms with E-state index in [0.717, 1.165) is 44.0 Å². The molecule has 0 unspecified atom stereocenters. The lowest BCUT2D eigenvalue weighted by Crippen LogP contribution is -2.28. The maximum Gasteiger partial charge on any atom is 0.142 e. The number of rotatable bonds is 4. The number of aromatic amines is 1. The summed E-state index contributed by atoms with van der Waals surface area (Å²) in [6, 6.07) is 14.4. The van der Waals surface area contributed by atoms with Crippen molar-refractivity contribution in [3.8, 4) is 11.4 Å². The number of hydrogen-bond acceptors (Lipinski definition) is 3. The minimum Gasteiger partial charge on any atom is -0.381 e. The fourth-order valence-corrected chi connectivity index (χ4v) is 4.73. The van der Waals surface area contributed by atoms with Gasteiger partial charge in [-0.05, 0) is 56.0 Å². The van der Waals surface area contributed by atoms with Gasteiger partial charge in [-0.1, -0.05) is 43.0 Å². The van der Waals surface area contributed by atoms with E-state index >= 15 is 0 Å². The van der Waals surface area contributed by atoms with Crippen LogP contribution in [0.3, 0.4) is 0 Å². The summed E-state index contributed by atoms with van der Waals surface area (Å²) in [5, 5.41) is 5.59. The second-order valence-electron chi connectivity index (χ2n) is 8.14. The Hall–Kier alpha value is -2.59. The Kier molecular flexibility index (Phi) is 4.88. The molecule has 1 fully saturated rings. The molecular formula is C24H25ClN4. The van der Waals surface area contributed by atoms with Crippen LogP contribution < -0.4 is 5.32 Å². The maximum atomic E-state index is 6.36. The first kappa shape index (κ1) is 18.4. The monoisotopic (exact) mass is 404 g/mol. The highest BCUT2D eigenvalue weighted by atomic mass is 35.5. The summed E-state index contributed by atoms with van der Waals surface area (Å²) in [6.45, 7) is 2.30. The van der Waals surface area contributed by atoms with Gasteiger partial charge in [0.05, 0.1) is 27.8 Å². The van der Waals surface area contributed by atoms with Gasteiger partial charge in [-0.3, -0.25) is 4.98 Å². The summed E-state index contributed by atoms with van der Waals surface area (Å²) in [6.07, 6.45) is 8.52. The number of imidazole rings is 1. The van der Waals surface area contributed by atoms with Crippen molar-refractivity contribution in [1.82, 2.24) is 15.0 Å². The van der Waals surface area contributed by atoms with Crippen LogP contribution in [0.1, 0.15) is 39.0 Å². The number of nitrogens with zero attached hydrogens (tertiary/aromatic N) is 2. The molecule has 2 aromatic heterocycles. The number of anilines is 1. The number of hydrogen-bond donors (Lipinski definition) is 2. The van der Waals surface area contributed by atoms with Crippen LogP contribution in [0.2, 0.25) is 5.02 Å². The van der Waals surface area contributed by atoms with Crippen molar-refractivity contribution in [3.63, 3.8) is 0 Å². The molecule has 2 aromatic carbocycles. The number of nitrogens with one attached hydrogen (secondary N) is 2. The van der Waals surface area contributed by atoms with Gasteiger partial charge in [0, 0.05) is 22.6 Å². The number of aromatic nitrogens is 3. The lowest BCUT2D eigenvalue weighted by atomic mass is 9.84. The lowest BCUT2D eigenvalue weighted by Gasteiger charge is -2.30. The van der Waals surface area contributed by atoms with Crippen LogP contribution in [0.15, 0.2) is 48.7 Å². The number of pyridine rings is 1. The predicted molar refractivity (Wildman–Crippen MR) is 122 cm³/mol. The number of benzene rings is 2. The van der Waals surface area contributed by atoms with Gasteiger partial charge in [-0.25, -0.2) is 4.98 Å². The molecule has 1 atom stereocenters. The summed E-state index contributed by atoms with van der Waals surface area (Å²) in [4.78, 5) is 13.0. The van der Waals surface area contributed by atoms with Crippen molar-refractivity contribution in [3.05, 3.63) is 53.7 Å². The molecule has 0 saturated heterocycles. The zero-order chi connectivity index (χ0) is 19.8. The quantitative estimate of drug-likeness (QED) is 0.392. The number of halogens is 1. The molecule has 0 spiro atoms. The first-order chi connectivity index (χ1) is 14.2. The molecule has 148 valence electrons. The minimum atomic E-state index is 0.378. The molecule has 0 aliphatic heterocycles. The fourth-order valence-electron chi connectivity index (χ4n) is 4.56. The van der Waals surface area contributed by atoms with Gasteiger partial charge >= 0.3 is 0 Å². The van der Waals surface area contributed by atoms with Gasteiger partial charge in [0.2, 0.25) is 0 Å². The third-order valence-electron chi connectivity index (χ3n) is 6.20. The Morgan fingerprint density at radius 1 is 1.07 bits per heavy atom. The predicted octanol–water partition coefficient (Wildman–Crippen LogP) is 6.81. The molecule has 2 heterocycles. The van der Waals surface area contributed by atoms with Gasteiger partial charge < -0.3 is 10.3 Å². The number of fused-ring (bicyclic) bond motifs is 2. The van der Waals surface area contributed by atoms with E-state index in [-0.39, 0.29) is 0 Å². The van der Waals surface area contributed by atoms with Crippen LogP contribution in [0.25, 0.3) is 33.3 Å². The zero-order valence-electron chi connectivity index (χ0n) is 16.6. The van der Waals surface area contributed by atoms with E-state index in [0.29, 0.717) is 12.0 Å². The zero-order valence-corrected chi connectivity index (χ0v) is 17.3. The average Bonchev–Trinajstić information content (AvgIpc) is 3.18. The van der Waals surface area contributed by atoms with Gasteiger partial charge in [0.15, 0.2) is 0 Å². The topological polar surface area (TPSA) is 53.6 Å². The number of para-hydroxylation sites is 2. The van der Waals surface area contributed by atoms with Crippen LogP contribution in [0, 0.1) is 5.92 Å². The summed E-state index contributed by atoms with van der Waals surface area (Å²) in [5.41, 5.74) is 4.97. The average molecular weight is 405 g/mol. The van der Waals surface area contributed by atoms with E-state index in [2.05, 4.69) is 23.3 Å². The van der Waals surface area contributed by atoms with Gasteiger partial charge in [-0.15, -0.1) is 0 Å². The Morgan fingerprint density at radius 3 is 2.72 bits per heavy atom. The molecular weight excluding hydrogens is 380 g/mol. The largest absolute Gasteiger partial charge is 0.381 e. The molecule has 5 rings (SSSR count). The molecule has 4 nitrogen and oxygen atoms in total. The van der Waals surface area contributed by atoms with Crippen molar-refractivity contribution in [1.29, 1.82) is 0 Å². The van der Waals surface area contributed by atoms with Crippen LogP contribution >= 0.6 is 11.6 Å². The SMILES string of the molecule is C[C@H](Nc1c(-c2nc3ccccc3[nH]2)cnc2ccc(Cl)cc12)C1CCCCC1. The molecule has 0 amide bonds. The fraction of sp³-hybridized carbons (Fsp3) is 0.333. The second-order valence-corrected chi connectivity index (χ2v) is 8.58. The molecule has 5 heteroatoms. The molecule has 4 aromatic rings. The lowest BCUT2D eigenvalue weighted by molar-refractivity contribution is 0.328. The molecule has 29 heavy (non-hydrogen) atoms. The van der Waals surface area contributed by atoms with Gasteiger partial charge in [-0.2, -0.15) is 0 Å². The van der Waals surface area contributed by atoms with E-state index in [1.54, 1.807) is 0 Å². The summed E-state index contributed by atoms with van der Waals surface area (Å²) < 4.78 is 0. The van der Waals surface area contributed by atoms with Crippen LogP contribution in [0.4, 0.5) is 5.69 Å². The normalized spacial score (nSPS) is 16.3. The third-order valence-corrected chi connectivity index (χ3v) is 6.44. The summed E-state index contributed by atoms with van der Waals surface area (Å²) in [5.74, 6) is 1.52. The summed E-state index contributed by atoms with van der Waals surface area (Å²) in [7, 11) is 0. The Bertz CT molecular complexity index is 1130. The molecule has 0 radical (unpaired) electrons. The molecule has 1 aliphatic carbocycles. The second kappa shape index (κ2) is 7.68. The van der Waals surface area contributed by atoms with Crippen LogP contribution in [-0.2, 0) is 0 Å². The van der Waals surface area contributed by atoms with Gasteiger partial charge in [0.1, 0.15) is 5.82 Å². The Labute approximate surface area is 175 Å². The van der Waals surface area contributed by atoms with E-state index in [4.69, 9.17) is 21.6 Å². The summed E-state index contributed by atoms with van der Waals surface area (Å²) >= 11 is 6.36. The molecule has 1 saturated carbocycles. The number of H-pyrrole nitrogens is 1. The molecule has 2 N–H and O–H groups in total. The maximum absolute atomic E-state index is 6.36. The van der Waals surface area contributed by atoms with Crippen molar-refractivity contribution >= 4 is 39.2 Å². The van der Waals surface area contributed by atoms with E-state index < -0.39 is 0 Å². The first-order valence-electron chi connectivity index (χ1n) is 10.5. The minimum absolute atomic E-state index is 0.378. The van der Waals surface area contributed by atoms with Crippen molar-refractivity contribution in [2.45, 2.75) is 45.1 Å². The van der Waals surface area contributed by atoms with Gasteiger partial charge in [0.25, 0.3) is 0 Å². The van der Waals surface area contributed by atoms with Crippen molar-refractivity contribution in [2.24, 2.45) is 5.92 Å². The molecule has 1 aliphatic rings. The van der Waals surface area contributed by atoms with Crippen LogP contribution in [0.5, 0.6) is 0 Å². The first-order valence-corrected chi connectivity index (χ1v) is 10.9. The standard InChI is InChI=1S/C24H25ClN4/c1-15(16-7-3-2-4-8-16)27-23-18-13-17(25)11-12-20(18)26-14-19(23)24-28-21-9-5-6-10-22(21)29-24/h5-6,9-16H,2-4,7-8H2,1H3,(H,26,27)(H,28,29)/t15-/m0/s1.